The van der Waals surface area contributed by atoms with Crippen LogP contribution >= 0.6 is 0 Å². The van der Waals surface area contributed by atoms with Crippen LogP contribution in [0.25, 0.3) is 11.1 Å². The van der Waals surface area contributed by atoms with Crippen LogP contribution in [0, 0.1) is 5.82 Å². The van der Waals surface area contributed by atoms with Gasteiger partial charge in [-0.15, -0.1) is 0 Å². The van der Waals surface area contributed by atoms with Crippen LogP contribution in [-0.2, 0) is 6.18 Å². The zero-order valence-electron chi connectivity index (χ0n) is 8.50. The van der Waals surface area contributed by atoms with Crippen molar-refractivity contribution < 1.29 is 17.6 Å². The van der Waals surface area contributed by atoms with E-state index in [1.165, 1.54) is 24.4 Å². The van der Waals surface area contributed by atoms with Crippen molar-refractivity contribution in [2.45, 2.75) is 6.18 Å². The number of nitrogens with zero attached hydrogens (tertiary/aromatic N) is 1. The molecule has 0 atom stereocenters. The lowest BCUT2D eigenvalue weighted by Crippen LogP contribution is -2.03. The monoisotopic (exact) mass is 241 g/mol. The topological polar surface area (TPSA) is 12.9 Å². The highest BCUT2D eigenvalue weighted by Gasteiger charge is 2.29. The Balaban J connectivity index is 2.36. The molecule has 1 aromatic carbocycles. The molecule has 5 heteroatoms. The number of hydrogen-bond donors (Lipinski definition) is 0. The van der Waals surface area contributed by atoms with E-state index < -0.39 is 17.6 Å². The second-order valence-corrected chi connectivity index (χ2v) is 3.47. The number of alkyl halides is 3. The van der Waals surface area contributed by atoms with Gasteiger partial charge in [0, 0.05) is 11.8 Å². The summed E-state index contributed by atoms with van der Waals surface area (Å²) in [7, 11) is 0. The van der Waals surface area contributed by atoms with Crippen molar-refractivity contribution in [1.29, 1.82) is 0 Å². The lowest BCUT2D eigenvalue weighted by atomic mass is 10.1. The summed E-state index contributed by atoms with van der Waals surface area (Å²) < 4.78 is 49.8. The molecule has 1 heterocycles. The lowest BCUT2D eigenvalue weighted by Gasteiger charge is -2.07. The van der Waals surface area contributed by atoms with Gasteiger partial charge in [-0.3, -0.25) is 4.98 Å². The number of pyridine rings is 1. The summed E-state index contributed by atoms with van der Waals surface area (Å²) in [5, 5.41) is 0. The summed E-state index contributed by atoms with van der Waals surface area (Å²) in [4.78, 5) is 3.63. The van der Waals surface area contributed by atoms with Gasteiger partial charge in [0.2, 0.25) is 0 Å². The van der Waals surface area contributed by atoms with Gasteiger partial charge in [-0.1, -0.05) is 12.1 Å². The molecular weight excluding hydrogens is 234 g/mol. The maximum absolute atomic E-state index is 12.9. The Morgan fingerprint density at radius 1 is 0.882 bits per heavy atom. The van der Waals surface area contributed by atoms with E-state index in [1.54, 1.807) is 0 Å². The van der Waals surface area contributed by atoms with E-state index in [1.807, 2.05) is 0 Å². The molecule has 0 aliphatic carbocycles. The van der Waals surface area contributed by atoms with Crippen molar-refractivity contribution in [3.8, 4) is 11.1 Å². The van der Waals surface area contributed by atoms with E-state index in [4.69, 9.17) is 0 Å². The minimum Gasteiger partial charge on any atom is -0.261 e. The SMILES string of the molecule is Fc1cncc(-c2ccc(C(F)(F)F)cc2)c1. The molecular formula is C12H7F4N. The van der Waals surface area contributed by atoms with Gasteiger partial charge in [-0.25, -0.2) is 4.39 Å². The summed E-state index contributed by atoms with van der Waals surface area (Å²) in [5.41, 5.74) is 0.203. The molecule has 0 bridgehead atoms. The van der Waals surface area contributed by atoms with E-state index in [-0.39, 0.29) is 0 Å². The number of hydrogen-bond acceptors (Lipinski definition) is 1. The molecule has 1 nitrogen and oxygen atoms in total. The van der Waals surface area contributed by atoms with E-state index in [0.29, 0.717) is 11.1 Å². The molecule has 1 aromatic heterocycles. The highest BCUT2D eigenvalue weighted by molar-refractivity contribution is 5.62. The molecule has 2 aromatic rings. The van der Waals surface area contributed by atoms with Gasteiger partial charge < -0.3 is 0 Å². The molecule has 0 saturated carbocycles. The van der Waals surface area contributed by atoms with E-state index in [0.717, 1.165) is 18.3 Å². The van der Waals surface area contributed by atoms with E-state index in [2.05, 4.69) is 4.98 Å². The van der Waals surface area contributed by atoms with Gasteiger partial charge in [-0.05, 0) is 23.8 Å². The van der Waals surface area contributed by atoms with Crippen LogP contribution in [0.1, 0.15) is 5.56 Å². The third-order valence-electron chi connectivity index (χ3n) is 2.25. The first-order valence-electron chi connectivity index (χ1n) is 4.75. The average Bonchev–Trinajstić information content (AvgIpc) is 2.28. The largest absolute Gasteiger partial charge is 0.416 e. The van der Waals surface area contributed by atoms with Crippen LogP contribution in [0.15, 0.2) is 42.7 Å². The fourth-order valence-electron chi connectivity index (χ4n) is 1.42. The number of halogens is 4. The normalized spacial score (nSPS) is 11.5. The highest BCUT2D eigenvalue weighted by Crippen LogP contribution is 2.30. The van der Waals surface area contributed by atoms with Crippen LogP contribution in [0.4, 0.5) is 17.6 Å². The van der Waals surface area contributed by atoms with Crippen molar-refractivity contribution >= 4 is 0 Å². The summed E-state index contributed by atoms with van der Waals surface area (Å²) >= 11 is 0. The first-order valence-corrected chi connectivity index (χ1v) is 4.75. The van der Waals surface area contributed by atoms with Gasteiger partial charge >= 0.3 is 6.18 Å². The Hall–Kier alpha value is -1.91. The quantitative estimate of drug-likeness (QED) is 0.690. The second-order valence-electron chi connectivity index (χ2n) is 3.47. The van der Waals surface area contributed by atoms with Crippen LogP contribution in [0.5, 0.6) is 0 Å². The van der Waals surface area contributed by atoms with Crippen LogP contribution in [0.3, 0.4) is 0 Å². The van der Waals surface area contributed by atoms with Crippen molar-refractivity contribution in [2.24, 2.45) is 0 Å². The maximum atomic E-state index is 12.9. The molecule has 0 aliphatic heterocycles. The number of aromatic nitrogens is 1. The fourth-order valence-corrected chi connectivity index (χ4v) is 1.42. The zero-order valence-corrected chi connectivity index (χ0v) is 8.50. The predicted octanol–water partition coefficient (Wildman–Crippen LogP) is 3.91. The van der Waals surface area contributed by atoms with Gasteiger partial charge in [0.1, 0.15) is 5.82 Å². The molecule has 17 heavy (non-hydrogen) atoms. The highest BCUT2D eigenvalue weighted by atomic mass is 19.4. The van der Waals surface area contributed by atoms with E-state index in [9.17, 15) is 17.6 Å². The molecule has 0 saturated heterocycles. The molecule has 2 rings (SSSR count). The third kappa shape index (κ3) is 2.61. The average molecular weight is 241 g/mol. The van der Waals surface area contributed by atoms with Crippen LogP contribution in [-0.4, -0.2) is 4.98 Å². The smallest absolute Gasteiger partial charge is 0.261 e. The van der Waals surface area contributed by atoms with Crippen LogP contribution < -0.4 is 0 Å². The van der Waals surface area contributed by atoms with Crippen molar-refractivity contribution in [1.82, 2.24) is 4.98 Å². The summed E-state index contributed by atoms with van der Waals surface area (Å²) in [6.07, 6.45) is -1.93. The predicted molar refractivity (Wildman–Crippen MR) is 54.6 cm³/mol. The fraction of sp³-hybridized carbons (Fsp3) is 0.0833. The molecule has 0 amide bonds. The summed E-state index contributed by atoms with van der Waals surface area (Å²) in [6.45, 7) is 0. The first kappa shape index (κ1) is 11.6. The number of benzene rings is 1. The van der Waals surface area contributed by atoms with Crippen molar-refractivity contribution in [2.75, 3.05) is 0 Å². The molecule has 0 radical (unpaired) electrons. The van der Waals surface area contributed by atoms with Crippen molar-refractivity contribution in [3.63, 3.8) is 0 Å². The number of rotatable bonds is 1. The second kappa shape index (κ2) is 4.16. The Labute approximate surface area is 94.7 Å². The summed E-state index contributed by atoms with van der Waals surface area (Å²) in [6, 6.07) is 5.72. The molecule has 0 unspecified atom stereocenters. The first-order chi connectivity index (χ1) is 7.97. The molecule has 0 N–H and O–H groups in total. The zero-order chi connectivity index (χ0) is 12.5. The Bertz CT molecular complexity index is 517. The van der Waals surface area contributed by atoms with Gasteiger partial charge in [-0.2, -0.15) is 13.2 Å². The van der Waals surface area contributed by atoms with E-state index >= 15 is 0 Å². The van der Waals surface area contributed by atoms with Gasteiger partial charge in [0.15, 0.2) is 0 Å². The van der Waals surface area contributed by atoms with Gasteiger partial charge in [0.05, 0.1) is 11.8 Å². The minimum absolute atomic E-state index is 0.443. The maximum Gasteiger partial charge on any atom is 0.416 e. The molecule has 0 aliphatic rings. The standard InChI is InChI=1S/C12H7F4N/c13-11-5-9(6-17-7-11)8-1-3-10(4-2-8)12(14,15)16/h1-7H. The Morgan fingerprint density at radius 2 is 1.53 bits per heavy atom. The summed E-state index contributed by atoms with van der Waals surface area (Å²) in [5.74, 6) is -0.526. The lowest BCUT2D eigenvalue weighted by molar-refractivity contribution is -0.137. The molecule has 0 spiro atoms. The molecule has 0 fully saturated rings. The Morgan fingerprint density at radius 3 is 2.06 bits per heavy atom. The Kier molecular flexibility index (Phi) is 2.83. The molecule has 88 valence electrons. The van der Waals surface area contributed by atoms with Crippen molar-refractivity contribution in [3.05, 3.63) is 54.1 Å². The third-order valence-corrected chi connectivity index (χ3v) is 2.25. The van der Waals surface area contributed by atoms with Crippen LogP contribution in [0.2, 0.25) is 0 Å². The van der Waals surface area contributed by atoms with Gasteiger partial charge in [0.25, 0.3) is 0 Å². The minimum atomic E-state index is -4.36.